The summed E-state index contributed by atoms with van der Waals surface area (Å²) in [6.07, 6.45) is 3.54. The predicted molar refractivity (Wildman–Crippen MR) is 106 cm³/mol. The summed E-state index contributed by atoms with van der Waals surface area (Å²) in [6, 6.07) is 20.5. The van der Waals surface area contributed by atoms with Crippen LogP contribution < -0.4 is 10.1 Å². The number of carbonyl (C=O) groups is 1. The summed E-state index contributed by atoms with van der Waals surface area (Å²) >= 11 is 6.05. The molecule has 1 atom stereocenters. The van der Waals surface area contributed by atoms with Crippen LogP contribution in [-0.2, 0) is 4.79 Å². The third-order valence-corrected chi connectivity index (χ3v) is 4.60. The number of aromatic nitrogens is 1. The van der Waals surface area contributed by atoms with Gasteiger partial charge in [0, 0.05) is 16.8 Å². The van der Waals surface area contributed by atoms with Crippen LogP contribution in [0.3, 0.4) is 0 Å². The van der Waals surface area contributed by atoms with Gasteiger partial charge in [-0.1, -0.05) is 48.0 Å². The summed E-state index contributed by atoms with van der Waals surface area (Å²) in [5.41, 5.74) is 3.08. The molecule has 1 unspecified atom stereocenters. The Bertz CT molecular complexity index is 948. The van der Waals surface area contributed by atoms with Crippen LogP contribution in [0.1, 0.15) is 22.9 Å². The summed E-state index contributed by atoms with van der Waals surface area (Å²) in [7, 11) is 0. The average molecular weight is 377 g/mol. The summed E-state index contributed by atoms with van der Waals surface area (Å²) in [5.74, 6) is 0.528. The van der Waals surface area contributed by atoms with Crippen LogP contribution in [0.15, 0.2) is 78.5 Å². The normalized spacial score (nSPS) is 13.7. The summed E-state index contributed by atoms with van der Waals surface area (Å²) < 4.78 is 5.70. The van der Waals surface area contributed by atoms with Crippen LogP contribution in [-0.4, -0.2) is 17.5 Å². The van der Waals surface area contributed by atoms with Gasteiger partial charge >= 0.3 is 0 Å². The average Bonchev–Trinajstić information content (AvgIpc) is 2.72. The number of pyridine rings is 1. The molecule has 27 heavy (non-hydrogen) atoms. The Balaban J connectivity index is 1.63. The lowest BCUT2D eigenvalue weighted by Crippen LogP contribution is -2.33. The first-order valence-electron chi connectivity index (χ1n) is 8.60. The maximum Gasteiger partial charge on any atom is 0.251 e. The van der Waals surface area contributed by atoms with Gasteiger partial charge in [-0.2, -0.15) is 0 Å². The molecule has 5 heteroatoms. The Morgan fingerprint density at radius 1 is 1.07 bits per heavy atom. The molecule has 1 amide bonds. The minimum atomic E-state index is -0.346. The molecule has 1 aliphatic rings. The van der Waals surface area contributed by atoms with Gasteiger partial charge in [-0.25, -0.2) is 0 Å². The van der Waals surface area contributed by atoms with E-state index >= 15 is 0 Å². The van der Waals surface area contributed by atoms with Crippen molar-refractivity contribution in [3.8, 4) is 5.75 Å². The molecule has 0 bridgehead atoms. The highest BCUT2D eigenvalue weighted by Gasteiger charge is 2.22. The highest BCUT2D eigenvalue weighted by molar-refractivity contribution is 6.30. The molecule has 1 N–H and O–H groups in total. The number of fused-ring (bicyclic) bond motifs is 1. The van der Waals surface area contributed by atoms with E-state index in [2.05, 4.69) is 10.3 Å². The number of rotatable bonds is 4. The molecule has 0 fully saturated rings. The minimum Gasteiger partial charge on any atom is -0.488 e. The third-order valence-electron chi connectivity index (χ3n) is 4.37. The van der Waals surface area contributed by atoms with Gasteiger partial charge in [-0.15, -0.1) is 0 Å². The molecular formula is C22H17ClN2O2. The van der Waals surface area contributed by atoms with E-state index in [1.807, 2.05) is 60.7 Å². The van der Waals surface area contributed by atoms with Crippen LogP contribution in [0.5, 0.6) is 5.75 Å². The molecule has 2 heterocycles. The first kappa shape index (κ1) is 17.3. The van der Waals surface area contributed by atoms with Crippen molar-refractivity contribution in [2.24, 2.45) is 0 Å². The molecule has 1 aliphatic heterocycles. The first-order valence-corrected chi connectivity index (χ1v) is 8.98. The van der Waals surface area contributed by atoms with E-state index in [0.717, 1.165) is 22.6 Å². The zero-order valence-electron chi connectivity index (χ0n) is 14.4. The Labute approximate surface area is 162 Å². The zero-order chi connectivity index (χ0) is 18.6. The summed E-state index contributed by atoms with van der Waals surface area (Å²) in [6.45, 7) is 0.212. The molecule has 0 radical (unpaired) electrons. The fourth-order valence-electron chi connectivity index (χ4n) is 3.02. The van der Waals surface area contributed by atoms with Gasteiger partial charge in [0.05, 0.1) is 17.3 Å². The van der Waals surface area contributed by atoms with Crippen molar-refractivity contribution in [2.45, 2.75) is 6.04 Å². The molecule has 4 rings (SSSR count). The van der Waals surface area contributed by atoms with E-state index in [1.54, 1.807) is 18.3 Å². The van der Waals surface area contributed by atoms with Gasteiger partial charge in [0.2, 0.25) is 0 Å². The van der Waals surface area contributed by atoms with Gasteiger partial charge in [0.1, 0.15) is 12.4 Å². The lowest BCUT2D eigenvalue weighted by molar-refractivity contribution is -0.118. The second-order valence-electron chi connectivity index (χ2n) is 6.21. The number of hydrogen-bond donors (Lipinski definition) is 1. The van der Waals surface area contributed by atoms with Crippen molar-refractivity contribution in [3.05, 3.63) is 100 Å². The molecule has 0 aliphatic carbocycles. The number of ether oxygens (including phenoxy) is 1. The summed E-state index contributed by atoms with van der Waals surface area (Å²) in [5, 5.41) is 3.68. The lowest BCUT2D eigenvalue weighted by atomic mass is 10.0. The minimum absolute atomic E-state index is 0.194. The maximum absolute atomic E-state index is 12.9. The zero-order valence-corrected chi connectivity index (χ0v) is 15.2. The van der Waals surface area contributed by atoms with Crippen LogP contribution in [0.4, 0.5) is 0 Å². The Hall–Kier alpha value is -3.11. The number of hydrogen-bond acceptors (Lipinski definition) is 3. The van der Waals surface area contributed by atoms with Gasteiger partial charge in [0.25, 0.3) is 5.91 Å². The quantitative estimate of drug-likeness (QED) is 0.733. The predicted octanol–water partition coefficient (Wildman–Crippen LogP) is 4.42. The second-order valence-corrected chi connectivity index (χ2v) is 6.65. The van der Waals surface area contributed by atoms with Crippen molar-refractivity contribution in [3.63, 3.8) is 0 Å². The standard InChI is InChI=1S/C22H17ClN2O2/c23-18-9-10-20-16(13-18)12-17(14-27-20)22(26)25-21(15-6-2-1-3-7-15)19-8-4-5-11-24-19/h1-13,21H,14H2,(H,25,26). The molecule has 0 saturated heterocycles. The molecular weight excluding hydrogens is 360 g/mol. The second kappa shape index (κ2) is 7.64. The highest BCUT2D eigenvalue weighted by atomic mass is 35.5. The molecule has 2 aromatic carbocycles. The van der Waals surface area contributed by atoms with Crippen molar-refractivity contribution in [2.75, 3.05) is 6.61 Å². The number of benzene rings is 2. The molecule has 0 saturated carbocycles. The van der Waals surface area contributed by atoms with E-state index < -0.39 is 0 Å². The first-order chi connectivity index (χ1) is 13.2. The van der Waals surface area contributed by atoms with Crippen molar-refractivity contribution >= 4 is 23.6 Å². The Morgan fingerprint density at radius 2 is 1.89 bits per heavy atom. The number of amides is 1. The summed E-state index contributed by atoms with van der Waals surface area (Å²) in [4.78, 5) is 17.3. The monoisotopic (exact) mass is 376 g/mol. The number of carbonyl (C=O) groups excluding carboxylic acids is 1. The molecule has 4 nitrogen and oxygen atoms in total. The van der Waals surface area contributed by atoms with Crippen LogP contribution in [0.2, 0.25) is 5.02 Å². The Morgan fingerprint density at radius 3 is 2.67 bits per heavy atom. The van der Waals surface area contributed by atoms with E-state index in [0.29, 0.717) is 10.6 Å². The fourth-order valence-corrected chi connectivity index (χ4v) is 3.20. The van der Waals surface area contributed by atoms with Gasteiger partial charge in [-0.05, 0) is 42.0 Å². The molecule has 134 valence electrons. The van der Waals surface area contributed by atoms with Gasteiger partial charge in [0.15, 0.2) is 0 Å². The largest absolute Gasteiger partial charge is 0.488 e. The number of nitrogens with zero attached hydrogens (tertiary/aromatic N) is 1. The van der Waals surface area contributed by atoms with Crippen molar-refractivity contribution in [1.29, 1.82) is 0 Å². The van der Waals surface area contributed by atoms with E-state index in [4.69, 9.17) is 16.3 Å². The molecule has 0 spiro atoms. The SMILES string of the molecule is O=C(NC(c1ccccc1)c1ccccn1)C1=Cc2cc(Cl)ccc2OC1. The van der Waals surface area contributed by atoms with E-state index in [-0.39, 0.29) is 18.6 Å². The Kier molecular flexibility index (Phi) is 4.90. The van der Waals surface area contributed by atoms with Crippen LogP contribution >= 0.6 is 11.6 Å². The maximum atomic E-state index is 12.9. The number of nitrogens with one attached hydrogen (secondary N) is 1. The van der Waals surface area contributed by atoms with Gasteiger partial charge < -0.3 is 10.1 Å². The van der Waals surface area contributed by atoms with E-state index in [9.17, 15) is 4.79 Å². The van der Waals surface area contributed by atoms with E-state index in [1.165, 1.54) is 0 Å². The topological polar surface area (TPSA) is 51.2 Å². The van der Waals surface area contributed by atoms with Crippen molar-refractivity contribution < 1.29 is 9.53 Å². The van der Waals surface area contributed by atoms with Gasteiger partial charge in [-0.3, -0.25) is 9.78 Å². The smallest absolute Gasteiger partial charge is 0.251 e. The fraction of sp³-hybridized carbons (Fsp3) is 0.0909. The van der Waals surface area contributed by atoms with Crippen LogP contribution in [0, 0.1) is 0 Å². The number of halogens is 1. The molecule has 3 aromatic rings. The highest BCUT2D eigenvalue weighted by Crippen LogP contribution is 2.29. The van der Waals surface area contributed by atoms with Crippen LogP contribution in [0.25, 0.3) is 6.08 Å². The molecule has 1 aromatic heterocycles. The third kappa shape index (κ3) is 3.86. The van der Waals surface area contributed by atoms with Crippen molar-refractivity contribution in [1.82, 2.24) is 10.3 Å². The lowest BCUT2D eigenvalue weighted by Gasteiger charge is -2.22.